The predicted octanol–water partition coefficient (Wildman–Crippen LogP) is 3.40. The van der Waals surface area contributed by atoms with Crippen LogP contribution < -0.4 is 0 Å². The zero-order valence-electron chi connectivity index (χ0n) is 12.2. The molecule has 0 aromatic heterocycles. The van der Waals surface area contributed by atoms with E-state index in [-0.39, 0.29) is 5.92 Å². The Bertz CT molecular complexity index is 337. The first-order chi connectivity index (χ1) is 8.83. The zero-order valence-corrected chi connectivity index (χ0v) is 12.2. The first kappa shape index (κ1) is 16.0. The van der Waals surface area contributed by atoms with E-state index < -0.39 is 23.3 Å². The van der Waals surface area contributed by atoms with Crippen LogP contribution in [0.3, 0.4) is 0 Å². The summed E-state index contributed by atoms with van der Waals surface area (Å²) in [5, 5.41) is 18.9. The third kappa shape index (κ3) is 3.48. The third-order valence-electron chi connectivity index (χ3n) is 4.59. The summed E-state index contributed by atoms with van der Waals surface area (Å²) < 4.78 is 0. The maximum Gasteiger partial charge on any atom is 0.309 e. The lowest BCUT2D eigenvalue weighted by Crippen LogP contribution is -2.44. The summed E-state index contributed by atoms with van der Waals surface area (Å²) in [5.74, 6) is -1.62. The lowest BCUT2D eigenvalue weighted by molar-refractivity contribution is -0.161. The largest absolute Gasteiger partial charge is 0.481 e. The van der Waals surface area contributed by atoms with Gasteiger partial charge in [0.15, 0.2) is 0 Å². The molecular formula is C15H26O4. The van der Waals surface area contributed by atoms with Crippen molar-refractivity contribution < 1.29 is 19.8 Å². The van der Waals surface area contributed by atoms with Crippen molar-refractivity contribution in [3.05, 3.63) is 0 Å². The van der Waals surface area contributed by atoms with E-state index in [2.05, 4.69) is 13.8 Å². The van der Waals surface area contributed by atoms with Crippen LogP contribution in [-0.4, -0.2) is 22.2 Å². The summed E-state index contributed by atoms with van der Waals surface area (Å²) in [6.45, 7) is 6.20. The molecule has 4 nitrogen and oxygen atoms in total. The van der Waals surface area contributed by atoms with Crippen LogP contribution in [0, 0.1) is 23.2 Å². The number of carboxylic acids is 2. The van der Waals surface area contributed by atoms with Gasteiger partial charge in [0.1, 0.15) is 0 Å². The van der Waals surface area contributed by atoms with Crippen LogP contribution in [-0.2, 0) is 9.59 Å². The molecule has 0 aromatic carbocycles. The van der Waals surface area contributed by atoms with E-state index >= 15 is 0 Å². The Balaban J connectivity index is 3.01. The number of carboxylic acid groups (broad SMARTS) is 2. The smallest absolute Gasteiger partial charge is 0.309 e. The second-order valence-electron chi connectivity index (χ2n) is 6.33. The summed E-state index contributed by atoms with van der Waals surface area (Å²) in [5.41, 5.74) is -0.833. The molecule has 3 atom stereocenters. The molecule has 0 amide bonds. The molecule has 1 aliphatic carbocycles. The molecule has 0 saturated heterocycles. The fourth-order valence-corrected chi connectivity index (χ4v) is 3.61. The minimum absolute atomic E-state index is 0.0761. The van der Waals surface area contributed by atoms with Crippen molar-refractivity contribution in [1.82, 2.24) is 0 Å². The first-order valence-electron chi connectivity index (χ1n) is 7.29. The minimum Gasteiger partial charge on any atom is -0.481 e. The maximum absolute atomic E-state index is 11.8. The highest BCUT2D eigenvalue weighted by Gasteiger charge is 2.49. The Kier molecular flexibility index (Phi) is 5.39. The Hall–Kier alpha value is -1.06. The van der Waals surface area contributed by atoms with Gasteiger partial charge >= 0.3 is 11.9 Å². The molecule has 0 spiro atoms. The highest BCUT2D eigenvalue weighted by molar-refractivity contribution is 5.77. The number of aliphatic carboxylic acids is 2. The molecule has 4 heteroatoms. The molecule has 1 rings (SSSR count). The molecular weight excluding hydrogens is 244 g/mol. The molecule has 0 aromatic rings. The molecule has 19 heavy (non-hydrogen) atoms. The number of hydrogen-bond acceptors (Lipinski definition) is 2. The van der Waals surface area contributed by atoms with Gasteiger partial charge in [0.25, 0.3) is 0 Å². The first-order valence-corrected chi connectivity index (χ1v) is 7.29. The molecule has 2 N–H and O–H groups in total. The van der Waals surface area contributed by atoms with Gasteiger partial charge in [0.2, 0.25) is 0 Å². The molecule has 1 aliphatic rings. The van der Waals surface area contributed by atoms with Crippen LogP contribution in [0.2, 0.25) is 0 Å². The van der Waals surface area contributed by atoms with Gasteiger partial charge in [-0.3, -0.25) is 9.59 Å². The van der Waals surface area contributed by atoms with Crippen LogP contribution >= 0.6 is 0 Å². The summed E-state index contributed by atoms with van der Waals surface area (Å²) in [4.78, 5) is 23.0. The molecule has 0 radical (unpaired) electrons. The van der Waals surface area contributed by atoms with Crippen LogP contribution in [0.5, 0.6) is 0 Å². The van der Waals surface area contributed by atoms with Crippen molar-refractivity contribution in [1.29, 1.82) is 0 Å². The number of hydrogen-bond donors (Lipinski definition) is 2. The van der Waals surface area contributed by atoms with Gasteiger partial charge < -0.3 is 10.2 Å². The third-order valence-corrected chi connectivity index (χ3v) is 4.59. The summed E-state index contributed by atoms with van der Waals surface area (Å²) >= 11 is 0. The molecule has 0 bridgehead atoms. The molecule has 1 fully saturated rings. The van der Waals surface area contributed by atoms with E-state index in [9.17, 15) is 19.8 Å². The normalized spacial score (nSPS) is 29.2. The standard InChI is InChI=1S/C15H26O4/c1-4-12(8-10(2)3)15(14(18)19)7-5-6-11(9-15)13(16)17/h10-12H,4-9H2,1-3H3,(H,16,17)(H,18,19). The van der Waals surface area contributed by atoms with E-state index in [0.29, 0.717) is 31.6 Å². The van der Waals surface area contributed by atoms with Gasteiger partial charge in [-0.05, 0) is 37.5 Å². The SMILES string of the molecule is CCC(CC(C)C)C1(C(=O)O)CCCC(C(=O)O)C1. The summed E-state index contributed by atoms with van der Waals surface area (Å²) in [6.07, 6.45) is 3.90. The van der Waals surface area contributed by atoms with E-state index in [1.807, 2.05) is 6.92 Å². The van der Waals surface area contributed by atoms with Crippen LogP contribution in [0.25, 0.3) is 0 Å². The highest BCUT2D eigenvalue weighted by atomic mass is 16.4. The second kappa shape index (κ2) is 6.40. The fraction of sp³-hybridized carbons (Fsp3) is 0.867. The molecule has 3 unspecified atom stereocenters. The van der Waals surface area contributed by atoms with Crippen LogP contribution in [0.4, 0.5) is 0 Å². The van der Waals surface area contributed by atoms with E-state index in [4.69, 9.17) is 0 Å². The Morgan fingerprint density at radius 3 is 2.37 bits per heavy atom. The van der Waals surface area contributed by atoms with Gasteiger partial charge in [-0.15, -0.1) is 0 Å². The molecule has 0 aliphatic heterocycles. The quantitative estimate of drug-likeness (QED) is 0.775. The summed E-state index contributed by atoms with van der Waals surface area (Å²) in [6, 6.07) is 0. The Labute approximate surface area is 115 Å². The van der Waals surface area contributed by atoms with Crippen molar-refractivity contribution in [2.45, 2.75) is 59.3 Å². The molecule has 0 heterocycles. The average molecular weight is 270 g/mol. The van der Waals surface area contributed by atoms with Crippen molar-refractivity contribution in [2.75, 3.05) is 0 Å². The minimum atomic E-state index is -0.843. The predicted molar refractivity (Wildman–Crippen MR) is 72.9 cm³/mol. The van der Waals surface area contributed by atoms with Gasteiger partial charge in [-0.2, -0.15) is 0 Å². The van der Waals surface area contributed by atoms with Gasteiger partial charge in [-0.1, -0.05) is 33.6 Å². The average Bonchev–Trinajstić information content (AvgIpc) is 2.35. The maximum atomic E-state index is 11.8. The van der Waals surface area contributed by atoms with Crippen molar-refractivity contribution in [3.63, 3.8) is 0 Å². The van der Waals surface area contributed by atoms with Crippen LogP contribution in [0.1, 0.15) is 59.3 Å². The van der Waals surface area contributed by atoms with E-state index in [1.165, 1.54) is 0 Å². The second-order valence-corrected chi connectivity index (χ2v) is 6.33. The van der Waals surface area contributed by atoms with Crippen LogP contribution in [0.15, 0.2) is 0 Å². The van der Waals surface area contributed by atoms with Gasteiger partial charge in [-0.25, -0.2) is 0 Å². The topological polar surface area (TPSA) is 74.6 Å². The summed E-state index contributed by atoms with van der Waals surface area (Å²) in [7, 11) is 0. The van der Waals surface area contributed by atoms with Gasteiger partial charge in [0, 0.05) is 0 Å². The molecule has 1 saturated carbocycles. The number of rotatable bonds is 6. The van der Waals surface area contributed by atoms with Crippen molar-refractivity contribution in [3.8, 4) is 0 Å². The fourth-order valence-electron chi connectivity index (χ4n) is 3.61. The lowest BCUT2D eigenvalue weighted by Gasteiger charge is -2.42. The Morgan fingerprint density at radius 1 is 1.32 bits per heavy atom. The van der Waals surface area contributed by atoms with E-state index in [0.717, 1.165) is 12.8 Å². The van der Waals surface area contributed by atoms with Crippen molar-refractivity contribution >= 4 is 11.9 Å². The highest BCUT2D eigenvalue weighted by Crippen LogP contribution is 2.48. The monoisotopic (exact) mass is 270 g/mol. The Morgan fingerprint density at radius 2 is 1.95 bits per heavy atom. The van der Waals surface area contributed by atoms with Crippen molar-refractivity contribution in [2.24, 2.45) is 23.2 Å². The number of carbonyl (C=O) groups is 2. The van der Waals surface area contributed by atoms with E-state index in [1.54, 1.807) is 0 Å². The van der Waals surface area contributed by atoms with Gasteiger partial charge in [0.05, 0.1) is 11.3 Å². The molecule has 110 valence electrons. The lowest BCUT2D eigenvalue weighted by atomic mass is 9.60. The zero-order chi connectivity index (χ0) is 14.6.